The molecule has 3 radical (unpaired) electrons. The first-order valence-corrected chi connectivity index (χ1v) is 11.8. The number of carbonyl (C=O) groups excluding carboxylic acids is 2. The van der Waals surface area contributed by atoms with Crippen LogP contribution in [-0.2, 0) is 117 Å². The van der Waals surface area contributed by atoms with Crippen LogP contribution in [-0.4, -0.2) is 31.2 Å². The Labute approximate surface area is 287 Å². The van der Waals surface area contributed by atoms with Crippen LogP contribution in [0.25, 0.3) is 0 Å². The molecule has 5 aliphatic carbocycles. The standard InChI is InChI=1S/C10H13O2.C7H12N.C5H8O2.C5H5.3Y/c1-2-12-10(11)9-6-7-3-4-8(9)5-7;8-7-4-5-1-2-6(7)3-5;1-3-5(6)7-4-2;1-2-4-5-3-1;;;/h4,7-9H,2,5-6H2,1H3;1,5-7H,2-4,8H2;3H,1,4H2,2H3;1-2,5H,3H2;;;/q2*-1;;-1;;;. The van der Waals surface area contributed by atoms with E-state index in [4.69, 9.17) is 10.5 Å². The van der Waals surface area contributed by atoms with Crippen molar-refractivity contribution in [2.45, 2.75) is 58.4 Å². The van der Waals surface area contributed by atoms with Crippen LogP contribution in [0.4, 0.5) is 0 Å². The minimum absolute atomic E-state index is 0. The second-order valence-corrected chi connectivity index (χ2v) is 8.62. The first-order chi connectivity index (χ1) is 15.5. The topological polar surface area (TPSA) is 78.6 Å². The second-order valence-electron chi connectivity index (χ2n) is 8.62. The summed E-state index contributed by atoms with van der Waals surface area (Å²) in [4.78, 5) is 21.4. The first kappa shape index (κ1) is 38.3. The molecule has 0 saturated heterocycles. The maximum absolute atomic E-state index is 11.4. The van der Waals surface area contributed by atoms with Gasteiger partial charge in [-0.3, -0.25) is 16.9 Å². The van der Waals surface area contributed by atoms with Crippen LogP contribution in [0.3, 0.4) is 0 Å². The molecule has 5 nitrogen and oxygen atoms in total. The number of hydrogen-bond donors (Lipinski definition) is 1. The minimum Gasteiger partial charge on any atom is -0.497 e. The predicted molar refractivity (Wildman–Crippen MR) is 126 cm³/mol. The van der Waals surface area contributed by atoms with Crippen LogP contribution in [0.5, 0.6) is 0 Å². The molecule has 0 aromatic heterocycles. The number of rotatable bonds is 4. The van der Waals surface area contributed by atoms with Crippen LogP contribution < -0.4 is 5.73 Å². The molecular weight excluding hydrogens is 669 g/mol. The number of hydrogen-bond acceptors (Lipinski definition) is 5. The summed E-state index contributed by atoms with van der Waals surface area (Å²) in [5, 5.41) is 0. The molecule has 0 heterocycles. The Bertz CT molecular complexity index is 699. The molecule has 5 aliphatic rings. The third-order valence-electron chi connectivity index (χ3n) is 6.34. The van der Waals surface area contributed by atoms with Crippen LogP contribution in [0.15, 0.2) is 37.0 Å². The van der Waals surface area contributed by atoms with Crippen molar-refractivity contribution in [1.82, 2.24) is 0 Å². The van der Waals surface area contributed by atoms with E-state index in [1.165, 1.54) is 19.3 Å². The summed E-state index contributed by atoms with van der Waals surface area (Å²) in [6.07, 6.45) is 24.9. The number of nitrogens with two attached hydrogens (primary N) is 1. The molecule has 8 heteroatoms. The van der Waals surface area contributed by atoms with Gasteiger partial charge in [0.25, 0.3) is 0 Å². The van der Waals surface area contributed by atoms with Gasteiger partial charge in [0.1, 0.15) is 0 Å². The Kier molecular flexibility index (Phi) is 24.1. The van der Waals surface area contributed by atoms with Crippen molar-refractivity contribution in [3.63, 3.8) is 0 Å². The van der Waals surface area contributed by atoms with Gasteiger partial charge >= 0.3 is 11.9 Å². The summed E-state index contributed by atoms with van der Waals surface area (Å²) in [6.45, 7) is 7.73. The molecule has 35 heavy (non-hydrogen) atoms. The zero-order valence-corrected chi connectivity index (χ0v) is 29.7. The fourth-order valence-corrected chi connectivity index (χ4v) is 4.74. The molecule has 0 amide bonds. The average Bonchev–Trinajstić information content (AvgIpc) is 3.62. The Balaban J connectivity index is 0. The van der Waals surface area contributed by atoms with Crippen LogP contribution in [0, 0.1) is 48.2 Å². The number of esters is 2. The summed E-state index contributed by atoms with van der Waals surface area (Å²) in [5.41, 5.74) is 5.80. The molecule has 3 fully saturated rings. The number of allylic oxidation sites excluding steroid dienone is 6. The predicted octanol–water partition coefficient (Wildman–Crippen LogP) is 4.55. The van der Waals surface area contributed by atoms with Gasteiger partial charge in [-0.05, 0) is 19.8 Å². The second kappa shape index (κ2) is 22.0. The molecule has 6 atom stereocenters. The van der Waals surface area contributed by atoms with E-state index < -0.39 is 0 Å². The molecule has 5 rings (SSSR count). The van der Waals surface area contributed by atoms with E-state index in [9.17, 15) is 9.59 Å². The fourth-order valence-electron chi connectivity index (χ4n) is 4.74. The smallest absolute Gasteiger partial charge is 0.330 e. The third kappa shape index (κ3) is 14.2. The maximum atomic E-state index is 11.4. The third-order valence-corrected chi connectivity index (χ3v) is 6.34. The van der Waals surface area contributed by atoms with E-state index >= 15 is 0 Å². The SMILES string of the molecule is C=CC(=O)OCC.CCOC(=O)C1CC2[C-]=CC1C2.NC1CC2[CH-]CC1C2.[C-]1=CCC=C1.[Y].[Y].[Y]. The van der Waals surface area contributed by atoms with Crippen molar-refractivity contribution in [3.05, 3.63) is 55.5 Å². The van der Waals surface area contributed by atoms with Crippen LogP contribution in [0.1, 0.15) is 52.4 Å². The Morgan fingerprint density at radius 1 is 1.11 bits per heavy atom. The van der Waals surface area contributed by atoms with E-state index in [2.05, 4.69) is 42.0 Å². The quantitative estimate of drug-likeness (QED) is 0.264. The minimum atomic E-state index is -0.359. The zero-order valence-electron chi connectivity index (χ0n) is 21.2. The van der Waals surface area contributed by atoms with Gasteiger partial charge in [0.2, 0.25) is 0 Å². The first-order valence-electron chi connectivity index (χ1n) is 11.8. The molecule has 3 saturated carbocycles. The van der Waals surface area contributed by atoms with E-state index in [-0.39, 0.29) is 116 Å². The van der Waals surface area contributed by atoms with Gasteiger partial charge in [-0.15, -0.1) is 6.42 Å². The van der Waals surface area contributed by atoms with E-state index in [1.807, 2.05) is 19.1 Å². The van der Waals surface area contributed by atoms with Gasteiger partial charge < -0.3 is 27.7 Å². The Morgan fingerprint density at radius 3 is 2.11 bits per heavy atom. The normalized spacial score (nSPS) is 28.9. The van der Waals surface area contributed by atoms with Gasteiger partial charge in [-0.1, -0.05) is 38.2 Å². The summed E-state index contributed by atoms with van der Waals surface area (Å²) < 4.78 is 9.43. The van der Waals surface area contributed by atoms with Crippen molar-refractivity contribution in [2.24, 2.45) is 35.3 Å². The monoisotopic (exact) mass is 707 g/mol. The van der Waals surface area contributed by atoms with E-state index in [0.717, 1.165) is 37.2 Å². The summed E-state index contributed by atoms with van der Waals surface area (Å²) >= 11 is 0. The molecule has 187 valence electrons. The molecule has 0 spiro atoms. The van der Waals surface area contributed by atoms with Crippen molar-refractivity contribution < 1.29 is 117 Å². The van der Waals surface area contributed by atoms with Gasteiger partial charge in [-0.2, -0.15) is 24.3 Å². The van der Waals surface area contributed by atoms with Crippen molar-refractivity contribution in [2.75, 3.05) is 13.2 Å². The molecule has 0 aromatic carbocycles. The summed E-state index contributed by atoms with van der Waals surface area (Å²) in [7, 11) is 0. The largest absolute Gasteiger partial charge is 0.497 e. The molecule has 2 N–H and O–H groups in total. The molecule has 4 bridgehead atoms. The van der Waals surface area contributed by atoms with Crippen LogP contribution >= 0.6 is 0 Å². The summed E-state index contributed by atoms with van der Waals surface area (Å²) in [6, 6.07) is 0.546. The number of fused-ring (bicyclic) bond motifs is 4. The molecule has 6 unspecified atom stereocenters. The fraction of sp³-hybridized carbons (Fsp3) is 0.593. The van der Waals surface area contributed by atoms with Crippen molar-refractivity contribution in [3.8, 4) is 0 Å². The van der Waals surface area contributed by atoms with Gasteiger partial charge in [0, 0.05) is 110 Å². The van der Waals surface area contributed by atoms with Gasteiger partial charge in [0.05, 0.1) is 19.1 Å². The Hall–Kier alpha value is 1.17. The Morgan fingerprint density at radius 2 is 1.83 bits per heavy atom. The maximum Gasteiger partial charge on any atom is 0.330 e. The molecular formula is C27H38NO4Y3-3. The van der Waals surface area contributed by atoms with Crippen molar-refractivity contribution in [1.29, 1.82) is 0 Å². The number of carbonyl (C=O) groups is 2. The van der Waals surface area contributed by atoms with Gasteiger partial charge in [0.15, 0.2) is 0 Å². The zero-order chi connectivity index (χ0) is 23.3. The van der Waals surface area contributed by atoms with Crippen molar-refractivity contribution >= 4 is 11.9 Å². The van der Waals surface area contributed by atoms with E-state index in [0.29, 0.717) is 31.1 Å². The summed E-state index contributed by atoms with van der Waals surface area (Å²) in [5.74, 6) is 2.48. The van der Waals surface area contributed by atoms with Gasteiger partial charge in [-0.25, -0.2) is 16.9 Å². The molecule has 0 aliphatic heterocycles. The van der Waals surface area contributed by atoms with E-state index in [1.54, 1.807) is 6.92 Å². The number of ether oxygens (including phenoxy) is 2. The molecule has 0 aromatic rings. The van der Waals surface area contributed by atoms with Crippen LogP contribution in [0.2, 0.25) is 0 Å². The average molecular weight is 707 g/mol.